The van der Waals surface area contributed by atoms with Crippen LogP contribution in [0.25, 0.3) is 0 Å². The first-order chi connectivity index (χ1) is 10.7. The number of hydrogen-bond acceptors (Lipinski definition) is 5. The molecule has 1 aromatic rings. The van der Waals surface area contributed by atoms with Crippen LogP contribution in [0.3, 0.4) is 0 Å². The maximum Gasteiger partial charge on any atom is 0.408 e. The van der Waals surface area contributed by atoms with Gasteiger partial charge in [-0.05, 0) is 32.4 Å². The number of hydrogen-bond donors (Lipinski definition) is 2. The number of anilines is 1. The van der Waals surface area contributed by atoms with Crippen molar-refractivity contribution in [1.82, 2.24) is 10.3 Å². The molecule has 124 valence electrons. The van der Waals surface area contributed by atoms with Crippen LogP contribution < -0.4 is 10.2 Å². The van der Waals surface area contributed by atoms with Gasteiger partial charge in [-0.3, -0.25) is 9.69 Å². The summed E-state index contributed by atoms with van der Waals surface area (Å²) in [5, 5.41) is 11.6. The van der Waals surface area contributed by atoms with Crippen LogP contribution in [-0.2, 0) is 20.7 Å². The number of nitrogens with zero attached hydrogens (tertiary/aromatic N) is 2. The summed E-state index contributed by atoms with van der Waals surface area (Å²) in [6.45, 7) is 4.75. The number of carbonyl (C=O) groups excluding carboxylic acids is 2. The van der Waals surface area contributed by atoms with Crippen LogP contribution >= 0.6 is 0 Å². The zero-order valence-electron chi connectivity index (χ0n) is 13.2. The number of pyridine rings is 1. The number of fused-ring (bicyclic) bond motifs is 1. The highest BCUT2D eigenvalue weighted by Crippen LogP contribution is 2.29. The summed E-state index contributed by atoms with van der Waals surface area (Å²) in [6.07, 6.45) is 0.944. The molecule has 23 heavy (non-hydrogen) atoms. The molecule has 0 fully saturated rings. The van der Waals surface area contributed by atoms with Crippen molar-refractivity contribution in [2.24, 2.45) is 0 Å². The minimum absolute atomic E-state index is 0.191. The van der Waals surface area contributed by atoms with Gasteiger partial charge in [-0.25, -0.2) is 14.6 Å². The topological polar surface area (TPSA) is 109 Å². The van der Waals surface area contributed by atoms with E-state index in [9.17, 15) is 19.5 Å². The van der Waals surface area contributed by atoms with E-state index in [4.69, 9.17) is 4.74 Å². The van der Waals surface area contributed by atoms with Gasteiger partial charge < -0.3 is 15.2 Å². The molecule has 2 amide bonds. The Balaban J connectivity index is 2.08. The number of amides is 2. The van der Waals surface area contributed by atoms with Gasteiger partial charge in [0.1, 0.15) is 24.0 Å². The Labute approximate surface area is 133 Å². The van der Waals surface area contributed by atoms with Crippen molar-refractivity contribution in [2.45, 2.75) is 38.8 Å². The summed E-state index contributed by atoms with van der Waals surface area (Å²) in [6, 6.07) is 2.39. The number of alkyl carbamates (subject to hydrolysis) is 1. The fourth-order valence-electron chi connectivity index (χ4n) is 2.29. The van der Waals surface area contributed by atoms with Crippen molar-refractivity contribution in [3.63, 3.8) is 0 Å². The van der Waals surface area contributed by atoms with Crippen molar-refractivity contribution >= 4 is 23.8 Å². The van der Waals surface area contributed by atoms with Crippen LogP contribution in [0.15, 0.2) is 18.3 Å². The van der Waals surface area contributed by atoms with E-state index in [1.807, 2.05) is 0 Å². The van der Waals surface area contributed by atoms with Gasteiger partial charge >= 0.3 is 12.1 Å². The fourth-order valence-corrected chi connectivity index (χ4v) is 2.29. The normalized spacial score (nSPS) is 16.7. The molecular weight excluding hydrogens is 302 g/mol. The Hall–Kier alpha value is -2.64. The highest BCUT2D eigenvalue weighted by molar-refractivity contribution is 6.02. The van der Waals surface area contributed by atoms with E-state index in [-0.39, 0.29) is 13.0 Å². The molecule has 0 bridgehead atoms. The molecular formula is C15H19N3O5. The number of aliphatic carboxylic acids is 1. The molecule has 2 N–H and O–H groups in total. The predicted molar refractivity (Wildman–Crippen MR) is 81.1 cm³/mol. The first kappa shape index (κ1) is 16.7. The maximum absolute atomic E-state index is 12.3. The van der Waals surface area contributed by atoms with Crippen molar-refractivity contribution < 1.29 is 24.2 Å². The third-order valence-electron chi connectivity index (χ3n) is 3.16. The molecule has 2 heterocycles. The molecule has 0 aromatic carbocycles. The van der Waals surface area contributed by atoms with Crippen molar-refractivity contribution in [1.29, 1.82) is 0 Å². The van der Waals surface area contributed by atoms with Crippen LogP contribution in [-0.4, -0.2) is 46.2 Å². The molecule has 2 rings (SSSR count). The molecule has 1 atom stereocenters. The Bertz CT molecular complexity index is 638. The van der Waals surface area contributed by atoms with Crippen LogP contribution in [0.5, 0.6) is 0 Å². The lowest BCUT2D eigenvalue weighted by Gasteiger charge is -2.23. The lowest BCUT2D eigenvalue weighted by Crippen LogP contribution is -2.48. The number of aromatic nitrogens is 1. The Morgan fingerprint density at radius 1 is 1.43 bits per heavy atom. The second-order valence-electron chi connectivity index (χ2n) is 6.16. The standard InChI is InChI=1S/C15H19N3O5/c1-15(2,3)23-14(22)17-8-11(19)18-10(13(20)21)7-9-5-4-6-16-12(9)18/h4-6,10H,7-8H2,1-3H3,(H,17,22)(H,20,21)/t10-/m0/s1. The second kappa shape index (κ2) is 6.23. The van der Waals surface area contributed by atoms with Crippen molar-refractivity contribution in [3.8, 4) is 0 Å². The van der Waals surface area contributed by atoms with Crippen LogP contribution in [0, 0.1) is 0 Å². The van der Waals surface area contributed by atoms with Crippen LogP contribution in [0.4, 0.5) is 10.6 Å². The van der Waals surface area contributed by atoms with Gasteiger partial charge in [0.15, 0.2) is 0 Å². The smallest absolute Gasteiger partial charge is 0.408 e. The third kappa shape index (κ3) is 3.97. The van der Waals surface area contributed by atoms with E-state index in [1.54, 1.807) is 32.9 Å². The van der Waals surface area contributed by atoms with E-state index in [0.717, 1.165) is 4.90 Å². The predicted octanol–water partition coefficient (Wildman–Crippen LogP) is 0.949. The first-order valence-corrected chi connectivity index (χ1v) is 7.14. The van der Waals surface area contributed by atoms with Gasteiger partial charge in [-0.2, -0.15) is 0 Å². The molecule has 0 spiro atoms. The molecule has 8 nitrogen and oxygen atoms in total. The van der Waals surface area contributed by atoms with E-state index in [2.05, 4.69) is 10.3 Å². The summed E-state index contributed by atoms with van der Waals surface area (Å²) in [4.78, 5) is 40.5. The summed E-state index contributed by atoms with van der Waals surface area (Å²) in [7, 11) is 0. The Kier molecular flexibility index (Phi) is 4.53. The molecule has 0 saturated heterocycles. The molecule has 0 saturated carbocycles. The third-order valence-corrected chi connectivity index (χ3v) is 3.16. The minimum atomic E-state index is -1.12. The van der Waals surface area contributed by atoms with Gasteiger partial charge in [0.2, 0.25) is 5.91 Å². The van der Waals surface area contributed by atoms with Gasteiger partial charge in [0.05, 0.1) is 0 Å². The number of rotatable bonds is 3. The lowest BCUT2D eigenvalue weighted by atomic mass is 10.1. The van der Waals surface area contributed by atoms with E-state index in [1.165, 1.54) is 6.20 Å². The molecule has 8 heteroatoms. The zero-order chi connectivity index (χ0) is 17.2. The Morgan fingerprint density at radius 2 is 2.13 bits per heavy atom. The summed E-state index contributed by atoms with van der Waals surface area (Å²) in [5.74, 6) is -1.36. The fraction of sp³-hybridized carbons (Fsp3) is 0.467. The SMILES string of the molecule is CC(C)(C)OC(=O)NCC(=O)N1c2ncccc2C[C@H]1C(=O)O. The van der Waals surface area contributed by atoms with E-state index < -0.39 is 29.6 Å². The highest BCUT2D eigenvalue weighted by Gasteiger charge is 2.39. The summed E-state index contributed by atoms with van der Waals surface area (Å²) < 4.78 is 5.04. The maximum atomic E-state index is 12.3. The molecule has 1 aromatic heterocycles. The highest BCUT2D eigenvalue weighted by atomic mass is 16.6. The van der Waals surface area contributed by atoms with Crippen molar-refractivity contribution in [2.75, 3.05) is 11.4 Å². The van der Waals surface area contributed by atoms with Crippen LogP contribution in [0.2, 0.25) is 0 Å². The number of carbonyl (C=O) groups is 3. The average Bonchev–Trinajstić information content (AvgIpc) is 2.82. The number of nitrogens with one attached hydrogen (secondary N) is 1. The lowest BCUT2D eigenvalue weighted by molar-refractivity contribution is -0.139. The quantitative estimate of drug-likeness (QED) is 0.858. The number of carboxylic acids is 1. The van der Waals surface area contributed by atoms with E-state index >= 15 is 0 Å². The molecule has 0 aliphatic carbocycles. The van der Waals surface area contributed by atoms with Crippen LogP contribution in [0.1, 0.15) is 26.3 Å². The van der Waals surface area contributed by atoms with Gasteiger partial charge in [0.25, 0.3) is 0 Å². The molecule has 0 radical (unpaired) electrons. The summed E-state index contributed by atoms with van der Waals surface area (Å²) in [5.41, 5.74) is 0.00365. The zero-order valence-corrected chi connectivity index (χ0v) is 13.2. The van der Waals surface area contributed by atoms with Gasteiger partial charge in [-0.1, -0.05) is 6.07 Å². The average molecular weight is 321 g/mol. The largest absolute Gasteiger partial charge is 0.480 e. The first-order valence-electron chi connectivity index (χ1n) is 7.14. The Morgan fingerprint density at radius 3 is 2.74 bits per heavy atom. The van der Waals surface area contributed by atoms with Crippen molar-refractivity contribution in [3.05, 3.63) is 23.9 Å². The minimum Gasteiger partial charge on any atom is -0.480 e. The molecule has 0 unspecified atom stereocenters. The number of ether oxygens (including phenoxy) is 1. The molecule has 1 aliphatic rings. The summed E-state index contributed by atoms with van der Waals surface area (Å²) >= 11 is 0. The number of carboxylic acid groups (broad SMARTS) is 1. The molecule has 1 aliphatic heterocycles. The van der Waals surface area contributed by atoms with Gasteiger partial charge in [-0.15, -0.1) is 0 Å². The monoisotopic (exact) mass is 321 g/mol. The second-order valence-corrected chi connectivity index (χ2v) is 6.16. The van der Waals surface area contributed by atoms with E-state index in [0.29, 0.717) is 11.4 Å². The van der Waals surface area contributed by atoms with Gasteiger partial charge in [0, 0.05) is 12.6 Å².